The molecule has 0 spiro atoms. The van der Waals surface area contributed by atoms with Crippen LogP contribution in [0.1, 0.15) is 56.1 Å². The Labute approximate surface area is 263 Å². The molecule has 0 unspecified atom stereocenters. The lowest BCUT2D eigenvalue weighted by Crippen LogP contribution is -2.55. The van der Waals surface area contributed by atoms with Crippen LogP contribution in [-0.2, 0) is 17.6 Å². The number of nitriles is 1. The van der Waals surface area contributed by atoms with Crippen LogP contribution >= 0.6 is 11.6 Å². The topological polar surface area (TPSA) is 98.5 Å². The van der Waals surface area contributed by atoms with Crippen LogP contribution < -0.4 is 9.64 Å². The van der Waals surface area contributed by atoms with E-state index in [0.29, 0.717) is 48.7 Å². The second kappa shape index (κ2) is 12.0. The molecule has 3 saturated heterocycles. The fourth-order valence-corrected chi connectivity index (χ4v) is 8.14. The smallest absolute Gasteiger partial charge is 0.320 e. The first kappa shape index (κ1) is 29.0. The molecule has 0 N–H and O–H groups in total. The number of carbonyl (C=O) groups is 1. The van der Waals surface area contributed by atoms with Gasteiger partial charge < -0.3 is 14.5 Å². The zero-order valence-electron chi connectivity index (χ0n) is 25.1. The standard InChI is InChI=1S/C34H38ClN7O2/c1-2-29(43)42-19-18-40(21-24(42)12-15-36)32-27-20-28(35)30(26-11-5-9-23-8-3-4-10-25(23)26)37-31(27)38-33(39-32)44-22-34-13-6-16-41(34)17-7-14-34/h2,5,9,11,20,24H,1,3-4,6-8,10,12-14,16-19,21-22H2/t24-/m0/s1. The fraction of sp³-hybridized carbons (Fsp3) is 0.500. The monoisotopic (exact) mass is 611 g/mol. The van der Waals surface area contributed by atoms with Crippen LogP contribution in [0.15, 0.2) is 36.9 Å². The molecule has 5 heterocycles. The number of anilines is 1. The maximum absolute atomic E-state index is 12.6. The first-order chi connectivity index (χ1) is 21.5. The number of halogens is 1. The molecular formula is C34H38ClN7O2. The van der Waals surface area contributed by atoms with Gasteiger partial charge in [-0.25, -0.2) is 4.98 Å². The highest BCUT2D eigenvalue weighted by molar-refractivity contribution is 6.34. The first-order valence-electron chi connectivity index (χ1n) is 15.9. The Morgan fingerprint density at radius 3 is 2.73 bits per heavy atom. The molecule has 3 fully saturated rings. The predicted octanol–water partition coefficient (Wildman–Crippen LogP) is 5.35. The van der Waals surface area contributed by atoms with Crippen molar-refractivity contribution >= 4 is 34.4 Å². The van der Waals surface area contributed by atoms with Crippen molar-refractivity contribution in [3.8, 4) is 23.3 Å². The van der Waals surface area contributed by atoms with E-state index in [0.717, 1.165) is 61.8 Å². The van der Waals surface area contributed by atoms with E-state index in [2.05, 4.69) is 40.6 Å². The summed E-state index contributed by atoms with van der Waals surface area (Å²) >= 11 is 7.02. The Morgan fingerprint density at radius 2 is 1.93 bits per heavy atom. The third-order valence-electron chi connectivity index (χ3n) is 10.1. The molecule has 228 valence electrons. The molecule has 3 aromatic rings. The first-order valence-corrected chi connectivity index (χ1v) is 16.3. The molecule has 44 heavy (non-hydrogen) atoms. The minimum absolute atomic E-state index is 0.0503. The fourth-order valence-electron chi connectivity index (χ4n) is 7.89. The summed E-state index contributed by atoms with van der Waals surface area (Å²) in [5, 5.41) is 10.8. The molecule has 0 saturated carbocycles. The lowest BCUT2D eigenvalue weighted by atomic mass is 9.87. The second-order valence-electron chi connectivity index (χ2n) is 12.6. The van der Waals surface area contributed by atoms with Crippen LogP contribution in [0.25, 0.3) is 22.3 Å². The molecule has 1 aliphatic carbocycles. The van der Waals surface area contributed by atoms with Crippen molar-refractivity contribution in [3.63, 3.8) is 0 Å². The Hall–Kier alpha value is -3.74. The summed E-state index contributed by atoms with van der Waals surface area (Å²) in [7, 11) is 0. The van der Waals surface area contributed by atoms with Crippen LogP contribution in [-0.4, -0.2) is 81.6 Å². The minimum atomic E-state index is -0.295. The maximum atomic E-state index is 12.6. The van der Waals surface area contributed by atoms with E-state index in [-0.39, 0.29) is 23.9 Å². The number of hydrogen-bond acceptors (Lipinski definition) is 8. The molecule has 0 radical (unpaired) electrons. The third kappa shape index (κ3) is 5.18. The van der Waals surface area contributed by atoms with Gasteiger partial charge >= 0.3 is 6.01 Å². The van der Waals surface area contributed by atoms with Crippen LogP contribution in [0.5, 0.6) is 6.01 Å². The summed E-state index contributed by atoms with van der Waals surface area (Å²) in [6.45, 7) is 7.87. The quantitative estimate of drug-likeness (QED) is 0.330. The van der Waals surface area contributed by atoms with Gasteiger partial charge in [-0.15, -0.1) is 0 Å². The SMILES string of the molecule is C=CC(=O)N1CCN(c2nc(OCC34CCCN3CCC4)nc3nc(-c4cccc5c4CCCC5)c(Cl)cc23)C[C@@H]1CC#N. The lowest BCUT2D eigenvalue weighted by Gasteiger charge is -2.41. The number of rotatable bonds is 7. The van der Waals surface area contributed by atoms with Gasteiger partial charge in [-0.05, 0) is 87.7 Å². The molecule has 7 rings (SSSR count). The van der Waals surface area contributed by atoms with Crippen molar-refractivity contribution in [1.82, 2.24) is 24.8 Å². The van der Waals surface area contributed by atoms with Gasteiger partial charge in [-0.2, -0.15) is 15.2 Å². The molecule has 1 aromatic carbocycles. The van der Waals surface area contributed by atoms with Crippen LogP contribution in [0, 0.1) is 11.3 Å². The second-order valence-corrected chi connectivity index (χ2v) is 13.0. The molecule has 2 aromatic heterocycles. The zero-order chi connectivity index (χ0) is 30.3. The maximum Gasteiger partial charge on any atom is 0.320 e. The Kier molecular flexibility index (Phi) is 7.90. The number of amides is 1. The molecule has 1 atom stereocenters. The summed E-state index contributed by atoms with van der Waals surface area (Å²) in [6.07, 6.45) is 10.6. The Balaban J connectivity index is 1.30. The van der Waals surface area contributed by atoms with E-state index in [9.17, 15) is 10.1 Å². The van der Waals surface area contributed by atoms with Gasteiger partial charge in [0.05, 0.1) is 40.2 Å². The predicted molar refractivity (Wildman–Crippen MR) is 171 cm³/mol. The highest BCUT2D eigenvalue weighted by Crippen LogP contribution is 2.40. The Bertz CT molecular complexity index is 1640. The van der Waals surface area contributed by atoms with Crippen molar-refractivity contribution in [2.24, 2.45) is 0 Å². The molecular weight excluding hydrogens is 574 g/mol. The zero-order valence-corrected chi connectivity index (χ0v) is 25.9. The number of benzene rings is 1. The van der Waals surface area contributed by atoms with Gasteiger partial charge in [0.15, 0.2) is 5.65 Å². The van der Waals surface area contributed by atoms with Crippen LogP contribution in [0.4, 0.5) is 5.82 Å². The van der Waals surface area contributed by atoms with E-state index < -0.39 is 0 Å². The van der Waals surface area contributed by atoms with Gasteiger partial charge in [-0.1, -0.05) is 36.4 Å². The average Bonchev–Trinajstić information content (AvgIpc) is 3.64. The van der Waals surface area contributed by atoms with Crippen molar-refractivity contribution < 1.29 is 9.53 Å². The number of pyridine rings is 1. The number of ether oxygens (including phenoxy) is 1. The van der Waals surface area contributed by atoms with E-state index >= 15 is 0 Å². The molecule has 3 aliphatic heterocycles. The molecule has 10 heteroatoms. The number of aryl methyl sites for hydroxylation is 1. The van der Waals surface area contributed by atoms with Gasteiger partial charge in [0.1, 0.15) is 12.4 Å². The Morgan fingerprint density at radius 1 is 1.11 bits per heavy atom. The molecule has 9 nitrogen and oxygen atoms in total. The van der Waals surface area contributed by atoms with Crippen molar-refractivity contribution in [3.05, 3.63) is 53.1 Å². The van der Waals surface area contributed by atoms with Gasteiger partial charge in [0, 0.05) is 25.2 Å². The van der Waals surface area contributed by atoms with Crippen LogP contribution in [0.3, 0.4) is 0 Å². The average molecular weight is 612 g/mol. The number of aromatic nitrogens is 3. The molecule has 1 amide bonds. The normalized spacial score (nSPS) is 21.1. The lowest BCUT2D eigenvalue weighted by molar-refractivity contribution is -0.128. The van der Waals surface area contributed by atoms with Gasteiger partial charge in [-0.3, -0.25) is 9.69 Å². The largest absolute Gasteiger partial charge is 0.461 e. The minimum Gasteiger partial charge on any atom is -0.461 e. The molecule has 4 aliphatic rings. The summed E-state index contributed by atoms with van der Waals surface area (Å²) in [6, 6.07) is 10.6. The van der Waals surface area contributed by atoms with E-state index in [4.69, 9.17) is 31.3 Å². The third-order valence-corrected chi connectivity index (χ3v) is 10.4. The number of fused-ring (bicyclic) bond motifs is 3. The van der Waals surface area contributed by atoms with Crippen molar-refractivity contribution in [2.75, 3.05) is 44.2 Å². The number of carbonyl (C=O) groups excluding carboxylic acids is 1. The summed E-state index contributed by atoms with van der Waals surface area (Å²) < 4.78 is 6.46. The molecule has 0 bridgehead atoms. The van der Waals surface area contributed by atoms with Gasteiger partial charge in [0.2, 0.25) is 5.91 Å². The summed E-state index contributed by atoms with van der Waals surface area (Å²) in [5.74, 6) is 0.501. The van der Waals surface area contributed by atoms with Crippen molar-refractivity contribution in [1.29, 1.82) is 5.26 Å². The number of piperazine rings is 1. The number of nitrogens with zero attached hydrogens (tertiary/aromatic N) is 7. The van der Waals surface area contributed by atoms with Gasteiger partial charge in [0.25, 0.3) is 0 Å². The van der Waals surface area contributed by atoms with Crippen LogP contribution in [0.2, 0.25) is 5.02 Å². The summed E-state index contributed by atoms with van der Waals surface area (Å²) in [5.41, 5.74) is 5.07. The highest BCUT2D eigenvalue weighted by atomic mass is 35.5. The highest BCUT2D eigenvalue weighted by Gasteiger charge is 2.45. The number of hydrogen-bond donors (Lipinski definition) is 0. The van der Waals surface area contributed by atoms with E-state index in [1.807, 2.05) is 6.07 Å². The summed E-state index contributed by atoms with van der Waals surface area (Å²) in [4.78, 5) is 33.9. The van der Waals surface area contributed by atoms with Crippen molar-refractivity contribution in [2.45, 2.75) is 69.4 Å². The van der Waals surface area contributed by atoms with E-state index in [1.165, 1.54) is 36.5 Å². The van der Waals surface area contributed by atoms with E-state index in [1.54, 1.807) is 4.90 Å².